The second kappa shape index (κ2) is 4.79. The summed E-state index contributed by atoms with van der Waals surface area (Å²) >= 11 is 0. The van der Waals surface area contributed by atoms with E-state index in [1.54, 1.807) is 6.21 Å². The van der Waals surface area contributed by atoms with Gasteiger partial charge in [-0.15, -0.1) is 0 Å². The van der Waals surface area contributed by atoms with Crippen molar-refractivity contribution in [1.29, 1.82) is 0 Å². The van der Waals surface area contributed by atoms with Gasteiger partial charge in [-0.05, 0) is 24.6 Å². The van der Waals surface area contributed by atoms with Gasteiger partial charge in [0.1, 0.15) is 6.10 Å². The molecular formula is C14H15NO. The van der Waals surface area contributed by atoms with Crippen LogP contribution in [0.15, 0.2) is 47.6 Å². The molecule has 2 aromatic rings. The molecule has 2 nitrogen and oxygen atoms in total. The van der Waals surface area contributed by atoms with Crippen LogP contribution in [-0.4, -0.2) is 12.3 Å². The van der Waals surface area contributed by atoms with Gasteiger partial charge in [0.05, 0.1) is 6.21 Å². The first-order valence-electron chi connectivity index (χ1n) is 5.44. The molecule has 0 spiro atoms. The fourth-order valence-corrected chi connectivity index (χ4v) is 1.57. The first-order valence-corrected chi connectivity index (χ1v) is 5.44. The average molecular weight is 213 g/mol. The molecule has 0 fully saturated rings. The monoisotopic (exact) mass is 213 g/mol. The van der Waals surface area contributed by atoms with Crippen LogP contribution in [-0.2, 0) is 4.84 Å². The number of nitrogens with zero attached hydrogens (tertiary/aromatic N) is 1. The van der Waals surface area contributed by atoms with Gasteiger partial charge in [-0.3, -0.25) is 0 Å². The van der Waals surface area contributed by atoms with Gasteiger partial charge in [-0.25, -0.2) is 0 Å². The molecule has 0 amide bonds. The van der Waals surface area contributed by atoms with Crippen molar-refractivity contribution in [3.63, 3.8) is 0 Å². The Labute approximate surface area is 95.5 Å². The highest BCUT2D eigenvalue weighted by atomic mass is 16.6. The van der Waals surface area contributed by atoms with E-state index in [-0.39, 0.29) is 6.10 Å². The molecule has 0 aliphatic rings. The van der Waals surface area contributed by atoms with Crippen LogP contribution in [0.5, 0.6) is 0 Å². The second-order valence-electron chi connectivity index (χ2n) is 3.96. The average Bonchev–Trinajstić information content (AvgIpc) is 2.29. The van der Waals surface area contributed by atoms with Crippen LogP contribution < -0.4 is 0 Å². The van der Waals surface area contributed by atoms with Crippen LogP contribution in [0.3, 0.4) is 0 Å². The van der Waals surface area contributed by atoms with Gasteiger partial charge in [0.25, 0.3) is 0 Å². The molecule has 0 aliphatic heterocycles. The second-order valence-corrected chi connectivity index (χ2v) is 3.96. The number of rotatable bonds is 3. The molecule has 0 atom stereocenters. The molecule has 2 heteroatoms. The Morgan fingerprint density at radius 1 is 1.06 bits per heavy atom. The van der Waals surface area contributed by atoms with Gasteiger partial charge in [0.2, 0.25) is 0 Å². The summed E-state index contributed by atoms with van der Waals surface area (Å²) in [5, 5.41) is 6.38. The predicted octanol–water partition coefficient (Wildman–Crippen LogP) is 3.60. The molecule has 0 N–H and O–H groups in total. The van der Waals surface area contributed by atoms with E-state index in [1.807, 2.05) is 38.1 Å². The van der Waals surface area contributed by atoms with Crippen LogP contribution >= 0.6 is 0 Å². The molecule has 0 heterocycles. The molecule has 0 saturated heterocycles. The van der Waals surface area contributed by atoms with Crippen molar-refractivity contribution in [2.45, 2.75) is 20.0 Å². The third kappa shape index (κ3) is 2.40. The standard InChI is InChI=1S/C14H15NO/c1-11(2)16-15-10-13-8-5-7-12-6-3-4-9-14(12)13/h3-11H,1-2H3. The van der Waals surface area contributed by atoms with Gasteiger partial charge in [-0.2, -0.15) is 0 Å². The largest absolute Gasteiger partial charge is 0.393 e. The van der Waals surface area contributed by atoms with Gasteiger partial charge in [-0.1, -0.05) is 47.6 Å². The molecule has 0 aromatic heterocycles. The van der Waals surface area contributed by atoms with E-state index in [1.165, 1.54) is 10.8 Å². The highest BCUT2D eigenvalue weighted by Gasteiger charge is 1.97. The molecule has 0 bridgehead atoms. The normalized spacial score (nSPS) is 11.4. The summed E-state index contributed by atoms with van der Waals surface area (Å²) in [5.41, 5.74) is 1.08. The quantitative estimate of drug-likeness (QED) is 0.564. The zero-order valence-electron chi connectivity index (χ0n) is 9.55. The molecule has 0 unspecified atom stereocenters. The van der Waals surface area contributed by atoms with Gasteiger partial charge >= 0.3 is 0 Å². The lowest BCUT2D eigenvalue weighted by Gasteiger charge is -2.03. The van der Waals surface area contributed by atoms with Gasteiger partial charge in [0.15, 0.2) is 0 Å². The highest BCUT2D eigenvalue weighted by Crippen LogP contribution is 2.16. The minimum Gasteiger partial charge on any atom is -0.393 e. The Morgan fingerprint density at radius 3 is 2.62 bits per heavy atom. The van der Waals surface area contributed by atoms with Gasteiger partial charge in [0, 0.05) is 5.56 Å². The number of oxime groups is 1. The molecule has 2 rings (SSSR count). The van der Waals surface area contributed by atoms with Crippen LogP contribution in [0.4, 0.5) is 0 Å². The summed E-state index contributed by atoms with van der Waals surface area (Å²) in [6, 6.07) is 14.4. The van der Waals surface area contributed by atoms with Crippen molar-refractivity contribution in [3.8, 4) is 0 Å². The molecule has 82 valence electrons. The summed E-state index contributed by atoms with van der Waals surface area (Å²) in [6.45, 7) is 3.92. The molecule has 0 radical (unpaired) electrons. The number of hydrogen-bond acceptors (Lipinski definition) is 2. The van der Waals surface area contributed by atoms with Crippen molar-refractivity contribution in [3.05, 3.63) is 48.0 Å². The zero-order chi connectivity index (χ0) is 11.4. The van der Waals surface area contributed by atoms with E-state index in [2.05, 4.69) is 23.4 Å². The van der Waals surface area contributed by atoms with Crippen LogP contribution in [0.1, 0.15) is 19.4 Å². The maximum Gasteiger partial charge on any atom is 0.122 e. The Kier molecular flexibility index (Phi) is 3.20. The summed E-state index contributed by atoms with van der Waals surface area (Å²) in [5.74, 6) is 0. The number of hydrogen-bond donors (Lipinski definition) is 0. The highest BCUT2D eigenvalue weighted by molar-refractivity contribution is 5.99. The molecule has 16 heavy (non-hydrogen) atoms. The van der Waals surface area contributed by atoms with E-state index in [4.69, 9.17) is 4.84 Å². The zero-order valence-corrected chi connectivity index (χ0v) is 9.55. The Morgan fingerprint density at radius 2 is 1.81 bits per heavy atom. The van der Waals surface area contributed by atoms with E-state index >= 15 is 0 Å². The van der Waals surface area contributed by atoms with Crippen LogP contribution in [0.25, 0.3) is 10.8 Å². The van der Waals surface area contributed by atoms with E-state index in [9.17, 15) is 0 Å². The first-order chi connectivity index (χ1) is 7.77. The fraction of sp³-hybridized carbons (Fsp3) is 0.214. The summed E-state index contributed by atoms with van der Waals surface area (Å²) in [6.07, 6.45) is 1.88. The summed E-state index contributed by atoms with van der Waals surface area (Å²) in [4.78, 5) is 5.16. The Bertz CT molecular complexity index is 498. The van der Waals surface area contributed by atoms with E-state index in [0.29, 0.717) is 0 Å². The molecule has 2 aromatic carbocycles. The number of benzene rings is 2. The van der Waals surface area contributed by atoms with Crippen molar-refractivity contribution >= 4 is 17.0 Å². The smallest absolute Gasteiger partial charge is 0.122 e. The lowest BCUT2D eigenvalue weighted by Crippen LogP contribution is -1.96. The SMILES string of the molecule is CC(C)ON=Cc1cccc2ccccc12. The van der Waals surface area contributed by atoms with Gasteiger partial charge < -0.3 is 4.84 Å². The maximum absolute atomic E-state index is 5.16. The maximum atomic E-state index is 5.16. The van der Waals surface area contributed by atoms with Crippen molar-refractivity contribution in [2.75, 3.05) is 0 Å². The third-order valence-corrected chi connectivity index (χ3v) is 2.29. The molecule has 0 aliphatic carbocycles. The Balaban J connectivity index is 2.34. The lowest BCUT2D eigenvalue weighted by molar-refractivity contribution is 0.0874. The molecule has 0 saturated carbocycles. The molecular weight excluding hydrogens is 198 g/mol. The Hall–Kier alpha value is -1.83. The minimum atomic E-state index is 0.117. The minimum absolute atomic E-state index is 0.117. The van der Waals surface area contributed by atoms with E-state index < -0.39 is 0 Å². The van der Waals surface area contributed by atoms with Crippen LogP contribution in [0.2, 0.25) is 0 Å². The van der Waals surface area contributed by atoms with Crippen LogP contribution in [0, 0.1) is 0 Å². The van der Waals surface area contributed by atoms with Crippen molar-refractivity contribution in [2.24, 2.45) is 5.16 Å². The topological polar surface area (TPSA) is 21.6 Å². The van der Waals surface area contributed by atoms with Crippen molar-refractivity contribution < 1.29 is 4.84 Å². The van der Waals surface area contributed by atoms with E-state index in [0.717, 1.165) is 5.56 Å². The number of fused-ring (bicyclic) bond motifs is 1. The summed E-state index contributed by atoms with van der Waals surface area (Å²) in [7, 11) is 0. The van der Waals surface area contributed by atoms with Crippen molar-refractivity contribution in [1.82, 2.24) is 0 Å². The summed E-state index contributed by atoms with van der Waals surface area (Å²) < 4.78 is 0. The predicted molar refractivity (Wildman–Crippen MR) is 67.8 cm³/mol. The fourth-order valence-electron chi connectivity index (χ4n) is 1.57. The third-order valence-electron chi connectivity index (χ3n) is 2.29. The first kappa shape index (κ1) is 10.7. The lowest BCUT2D eigenvalue weighted by atomic mass is 10.1.